The van der Waals surface area contributed by atoms with E-state index in [4.69, 9.17) is 13.7 Å². The van der Waals surface area contributed by atoms with Crippen LogP contribution in [-0.4, -0.2) is 54.7 Å². The van der Waals surface area contributed by atoms with Crippen molar-refractivity contribution in [3.05, 3.63) is 24.3 Å². The summed E-state index contributed by atoms with van der Waals surface area (Å²) in [6.45, 7) is 4.19. The zero-order chi connectivity index (χ0) is 17.3. The molecule has 1 fully saturated rings. The average molecular weight is 344 g/mol. The number of ether oxygens (including phenoxy) is 2. The van der Waals surface area contributed by atoms with Gasteiger partial charge in [-0.1, -0.05) is 0 Å². The van der Waals surface area contributed by atoms with Gasteiger partial charge in [-0.3, -0.25) is 8.67 Å². The molecule has 0 bridgehead atoms. The smallest absolute Gasteiger partial charge is 0.296 e. The Bertz CT molecular complexity index is 631. The Labute approximate surface area is 138 Å². The molecule has 130 valence electrons. The Morgan fingerprint density at radius 1 is 1.22 bits per heavy atom. The average Bonchev–Trinajstić information content (AvgIpc) is 2.77. The van der Waals surface area contributed by atoms with Crippen LogP contribution in [0.25, 0.3) is 0 Å². The van der Waals surface area contributed by atoms with E-state index in [0.29, 0.717) is 17.5 Å². The molecule has 1 aliphatic heterocycles. The molecule has 0 aromatic heterocycles. The summed E-state index contributed by atoms with van der Waals surface area (Å²) >= 11 is 0. The molecule has 1 aromatic rings. The van der Waals surface area contributed by atoms with Crippen LogP contribution in [0.5, 0.6) is 0 Å². The van der Waals surface area contributed by atoms with E-state index in [1.807, 2.05) is 35.0 Å². The van der Waals surface area contributed by atoms with Crippen LogP contribution in [0.4, 0.5) is 5.69 Å². The second-order valence-corrected chi connectivity index (χ2v) is 8.64. The number of quaternary nitrogens is 1. The fraction of sp³-hybridized carbons (Fsp3) is 0.625. The molecule has 0 amide bonds. The summed E-state index contributed by atoms with van der Waals surface area (Å²) in [7, 11) is 2.31. The van der Waals surface area contributed by atoms with Gasteiger partial charge >= 0.3 is 0 Å². The highest BCUT2D eigenvalue weighted by Crippen LogP contribution is 2.25. The minimum Gasteiger partial charge on any atom is -0.348 e. The summed E-state index contributed by atoms with van der Waals surface area (Å²) in [6, 6.07) is 6.75. The molecule has 1 unspecified atom stereocenters. The minimum atomic E-state index is -3.75. The Hall–Kier alpha value is -0.990. The van der Waals surface area contributed by atoms with Gasteiger partial charge in [-0.25, -0.2) is 0 Å². The number of nitrogens with zero attached hydrogens (tertiary/aromatic N) is 1. The van der Waals surface area contributed by atoms with Crippen molar-refractivity contribution in [1.29, 1.82) is 0 Å². The summed E-state index contributed by atoms with van der Waals surface area (Å²) in [5.74, 6) is -0.607. The molecule has 7 heteroatoms. The third-order valence-electron chi connectivity index (χ3n) is 3.65. The molecular formula is C16H26NO5S+. The van der Waals surface area contributed by atoms with E-state index in [1.54, 1.807) is 24.3 Å². The molecule has 1 aliphatic rings. The van der Waals surface area contributed by atoms with Gasteiger partial charge in [0.15, 0.2) is 5.79 Å². The van der Waals surface area contributed by atoms with Gasteiger partial charge in [0, 0.05) is 18.6 Å². The maximum absolute atomic E-state index is 12.2. The molecule has 6 nitrogen and oxygen atoms in total. The first-order valence-corrected chi connectivity index (χ1v) is 9.04. The van der Waals surface area contributed by atoms with E-state index in [2.05, 4.69) is 0 Å². The van der Waals surface area contributed by atoms with Crippen LogP contribution in [-0.2, 0) is 23.8 Å². The topological polar surface area (TPSA) is 61.8 Å². The summed E-state index contributed by atoms with van der Waals surface area (Å²) in [6.07, 6.45) is 0.334. The molecule has 0 spiro atoms. The molecule has 2 rings (SSSR count). The lowest BCUT2D eigenvalue weighted by Crippen LogP contribution is -2.34. The van der Waals surface area contributed by atoms with Gasteiger partial charge in [0.2, 0.25) is 0 Å². The molecule has 0 N–H and O–H groups in total. The molecule has 1 saturated heterocycles. The van der Waals surface area contributed by atoms with Gasteiger partial charge in [-0.2, -0.15) is 8.42 Å². The van der Waals surface area contributed by atoms with Crippen molar-refractivity contribution in [2.75, 3.05) is 34.4 Å². The van der Waals surface area contributed by atoms with Crippen LogP contribution < -0.4 is 4.48 Å². The zero-order valence-electron chi connectivity index (χ0n) is 14.4. The van der Waals surface area contributed by atoms with Crippen LogP contribution in [0.2, 0.25) is 0 Å². The molecular weight excluding hydrogens is 318 g/mol. The van der Waals surface area contributed by atoms with Gasteiger partial charge < -0.3 is 9.47 Å². The number of benzene rings is 1. The van der Waals surface area contributed by atoms with Crippen molar-refractivity contribution in [3.63, 3.8) is 0 Å². The lowest BCUT2D eigenvalue weighted by atomic mass is 10.3. The molecule has 23 heavy (non-hydrogen) atoms. The second-order valence-electron chi connectivity index (χ2n) is 7.02. The highest BCUT2D eigenvalue weighted by atomic mass is 32.2. The standard InChI is InChI=1S/C16H26NO5S/c1-16(2)20-12-14(22-16)10-11-21-23(18,19)15-8-6-13(7-9-15)17(3,4)5/h6-9,14H,10-12H2,1-5H3/q+1. The quantitative estimate of drug-likeness (QED) is 0.584. The van der Waals surface area contributed by atoms with Crippen molar-refractivity contribution in [2.24, 2.45) is 0 Å². The highest BCUT2D eigenvalue weighted by Gasteiger charge is 2.32. The zero-order valence-corrected chi connectivity index (χ0v) is 15.2. The largest absolute Gasteiger partial charge is 0.348 e. The van der Waals surface area contributed by atoms with Gasteiger partial charge in [-0.15, -0.1) is 0 Å². The lowest BCUT2D eigenvalue weighted by molar-refractivity contribution is -0.139. The van der Waals surface area contributed by atoms with Gasteiger partial charge in [0.1, 0.15) is 5.69 Å². The maximum Gasteiger partial charge on any atom is 0.296 e. The Morgan fingerprint density at radius 3 is 2.30 bits per heavy atom. The van der Waals surface area contributed by atoms with E-state index in [0.717, 1.165) is 5.69 Å². The minimum absolute atomic E-state index is 0.0729. The van der Waals surface area contributed by atoms with Crippen molar-refractivity contribution >= 4 is 15.8 Å². The van der Waals surface area contributed by atoms with E-state index in [1.165, 1.54) is 0 Å². The first kappa shape index (κ1) is 18.4. The first-order valence-electron chi connectivity index (χ1n) is 7.63. The maximum atomic E-state index is 12.2. The third kappa shape index (κ3) is 4.99. The highest BCUT2D eigenvalue weighted by molar-refractivity contribution is 7.86. The van der Waals surface area contributed by atoms with E-state index in [9.17, 15) is 8.42 Å². The molecule has 1 heterocycles. The summed E-state index contributed by atoms with van der Waals surface area (Å²) < 4.78 is 41.2. The Balaban J connectivity index is 1.92. The monoisotopic (exact) mass is 344 g/mol. The summed E-state index contributed by atoms with van der Waals surface area (Å²) in [5, 5.41) is 0. The molecule has 1 aromatic carbocycles. The van der Waals surface area contributed by atoms with Crippen LogP contribution in [0, 0.1) is 0 Å². The van der Waals surface area contributed by atoms with Crippen molar-refractivity contribution in [1.82, 2.24) is 4.48 Å². The SMILES string of the molecule is CC1(C)OCC(CCOS(=O)(=O)c2ccc([N+](C)(C)C)cc2)O1. The molecule has 0 aliphatic carbocycles. The van der Waals surface area contributed by atoms with E-state index < -0.39 is 15.9 Å². The normalized spacial score (nSPS) is 21.5. The van der Waals surface area contributed by atoms with Crippen molar-refractivity contribution in [2.45, 2.75) is 37.1 Å². The molecule has 0 radical (unpaired) electrons. The van der Waals surface area contributed by atoms with Crippen LogP contribution in [0.15, 0.2) is 29.2 Å². The van der Waals surface area contributed by atoms with Gasteiger partial charge in [-0.05, 0) is 26.0 Å². The van der Waals surface area contributed by atoms with E-state index in [-0.39, 0.29) is 17.6 Å². The Morgan fingerprint density at radius 2 is 1.83 bits per heavy atom. The van der Waals surface area contributed by atoms with Crippen molar-refractivity contribution < 1.29 is 22.1 Å². The second kappa shape index (κ2) is 6.49. The molecule has 0 saturated carbocycles. The van der Waals surface area contributed by atoms with Crippen molar-refractivity contribution in [3.8, 4) is 0 Å². The summed E-state index contributed by atoms with van der Waals surface area (Å²) in [5.41, 5.74) is 1.02. The van der Waals surface area contributed by atoms with Gasteiger partial charge in [0.25, 0.3) is 10.1 Å². The third-order valence-corrected chi connectivity index (χ3v) is 4.97. The fourth-order valence-corrected chi connectivity index (χ4v) is 3.24. The number of rotatable bonds is 6. The van der Waals surface area contributed by atoms with Crippen LogP contribution in [0.1, 0.15) is 20.3 Å². The van der Waals surface area contributed by atoms with Gasteiger partial charge in [0.05, 0.1) is 45.4 Å². The van der Waals surface area contributed by atoms with E-state index >= 15 is 0 Å². The number of hydrogen-bond acceptors (Lipinski definition) is 5. The molecule has 1 atom stereocenters. The first-order chi connectivity index (χ1) is 10.5. The Kier molecular flexibility index (Phi) is 5.18. The van der Waals surface area contributed by atoms with Crippen LogP contribution in [0.3, 0.4) is 0 Å². The lowest BCUT2D eigenvalue weighted by Gasteiger charge is -2.23. The fourth-order valence-electron chi connectivity index (χ4n) is 2.32. The van der Waals surface area contributed by atoms with Crippen LogP contribution >= 0.6 is 0 Å². The number of hydrogen-bond donors (Lipinski definition) is 0. The predicted octanol–water partition coefficient (Wildman–Crippen LogP) is 2.13. The summed E-state index contributed by atoms with van der Waals surface area (Å²) in [4.78, 5) is 0.165. The predicted molar refractivity (Wildman–Crippen MR) is 88.7 cm³/mol.